The summed E-state index contributed by atoms with van der Waals surface area (Å²) < 4.78 is 0. The first-order valence-electron chi connectivity index (χ1n) is 34.3. The Morgan fingerprint density at radius 3 is 0.660 bits per heavy atom. The molecule has 0 amide bonds. The van der Waals surface area contributed by atoms with E-state index in [1.54, 1.807) is 13.8 Å². The van der Waals surface area contributed by atoms with Crippen LogP contribution in [0.2, 0.25) is 45.3 Å². The highest BCUT2D eigenvalue weighted by Gasteiger charge is 2.33. The Balaban J connectivity index is 0.000000245. The number of hydrogen-bond donors (Lipinski definition) is 0. The van der Waals surface area contributed by atoms with Gasteiger partial charge in [0.25, 0.3) is 40.4 Å². The first-order valence-corrected chi connectivity index (χ1v) is 51.5. The Bertz CT molecular complexity index is 3740. The fourth-order valence-electron chi connectivity index (χ4n) is 7.91. The van der Waals surface area contributed by atoms with E-state index in [4.69, 9.17) is 6.42 Å². The molecule has 9 aliphatic rings. The van der Waals surface area contributed by atoms with Gasteiger partial charge in [-0.05, 0) is 235 Å². The first kappa shape index (κ1) is 78.7. The molecule has 0 aliphatic heterocycles. The summed E-state index contributed by atoms with van der Waals surface area (Å²) in [5.41, 5.74) is 68.5. The minimum absolute atomic E-state index is 0.616. The molecule has 0 aromatic rings. The Hall–Kier alpha value is -7.72. The molecule has 0 bridgehead atoms. The van der Waals surface area contributed by atoms with Crippen molar-refractivity contribution in [3.63, 3.8) is 0 Å². The van der Waals surface area contributed by atoms with Gasteiger partial charge < -0.3 is 0 Å². The van der Waals surface area contributed by atoms with Crippen molar-refractivity contribution in [2.45, 2.75) is 237 Å². The molecule has 0 nitrogen and oxygen atoms in total. The highest BCUT2D eigenvalue weighted by atomic mass is 28.3. The van der Waals surface area contributed by atoms with Gasteiger partial charge >= 0.3 is 8.07 Å². The van der Waals surface area contributed by atoms with Crippen LogP contribution in [0.1, 0.15) is 191 Å². The average molecular weight is 1340 g/mol. The molecule has 474 valence electrons. The van der Waals surface area contributed by atoms with Gasteiger partial charge in [0.05, 0.1) is 0 Å². The summed E-state index contributed by atoms with van der Waals surface area (Å²) in [5, 5.41) is 0. The second-order valence-corrected chi connectivity index (χ2v) is 47.8. The highest BCUT2D eigenvalue weighted by Crippen LogP contribution is 2.33. The average Bonchev–Trinajstić information content (AvgIpc) is 2.02. The molecule has 0 heterocycles. The van der Waals surface area contributed by atoms with Gasteiger partial charge in [0.15, 0.2) is 0 Å². The van der Waals surface area contributed by atoms with Crippen molar-refractivity contribution >= 4 is 56.5 Å². The van der Waals surface area contributed by atoms with E-state index in [9.17, 15) is 0 Å². The van der Waals surface area contributed by atoms with E-state index in [1.165, 1.54) is 116 Å². The maximum atomic E-state index is 5.29. The lowest BCUT2D eigenvalue weighted by molar-refractivity contribution is 1.07. The van der Waals surface area contributed by atoms with E-state index in [0.717, 1.165) is 24.3 Å². The van der Waals surface area contributed by atoms with Crippen LogP contribution in [0.4, 0.5) is 0 Å². The van der Waals surface area contributed by atoms with E-state index < -0.39 is 56.5 Å². The van der Waals surface area contributed by atoms with Crippen molar-refractivity contribution in [2.75, 3.05) is 0 Å². The molecule has 0 unspecified atom stereocenters. The molecule has 9 aliphatic carbocycles. The normalized spacial score (nSPS) is 15.9. The molecule has 9 rings (SSSR count). The lowest BCUT2D eigenvalue weighted by Crippen LogP contribution is -2.29. The van der Waals surface area contributed by atoms with E-state index in [2.05, 4.69) is 261 Å². The molecule has 0 saturated heterocycles. The maximum absolute atomic E-state index is 5.29. The van der Waals surface area contributed by atoms with Crippen LogP contribution in [0, 0.1) is 295 Å². The summed E-state index contributed by atoms with van der Waals surface area (Å²) >= 11 is 0. The van der Waals surface area contributed by atoms with Crippen LogP contribution in [0.25, 0.3) is 0 Å². The van der Waals surface area contributed by atoms with Crippen molar-refractivity contribution in [2.24, 2.45) is 53.3 Å². The van der Waals surface area contributed by atoms with Crippen molar-refractivity contribution in [3.05, 3.63) is 0 Å². The maximum Gasteiger partial charge on any atom is 0.369 e. The molecule has 0 spiro atoms. The topological polar surface area (TPSA) is 0 Å². The van der Waals surface area contributed by atoms with Crippen LogP contribution in [-0.4, -0.2) is 56.5 Å². The Morgan fingerprint density at radius 2 is 0.457 bits per heavy atom. The molecule has 0 radical (unpaired) electrons. The van der Waals surface area contributed by atoms with E-state index >= 15 is 0 Å². The summed E-state index contributed by atoms with van der Waals surface area (Å²) in [6.07, 6.45) is 29.6. The Labute approximate surface area is 583 Å². The van der Waals surface area contributed by atoms with Crippen molar-refractivity contribution in [1.82, 2.24) is 0 Å². The van der Waals surface area contributed by atoms with Gasteiger partial charge in [-0.2, -0.15) is 0 Å². The van der Waals surface area contributed by atoms with Crippen molar-refractivity contribution in [1.29, 1.82) is 0 Å². The number of terminal acetylenes is 1. The van der Waals surface area contributed by atoms with Gasteiger partial charge in [-0.3, -0.25) is 0 Å². The minimum atomic E-state index is -2.33. The minimum Gasteiger partial charge on any atom is -0.125 e. The fraction of sp³-hybridized carbons (Fsp3) is 0.517. The lowest BCUT2D eigenvalue weighted by atomic mass is 10.5. The smallest absolute Gasteiger partial charge is 0.125 e. The van der Waals surface area contributed by atoms with Gasteiger partial charge in [0.1, 0.15) is 0 Å². The van der Waals surface area contributed by atoms with E-state index in [-0.39, 0.29) is 0 Å². The highest BCUT2D eigenvalue weighted by molar-refractivity contribution is 7.07. The van der Waals surface area contributed by atoms with Crippen LogP contribution < -0.4 is 0 Å². The van der Waals surface area contributed by atoms with Crippen LogP contribution in [0.3, 0.4) is 0 Å². The third-order valence-electron chi connectivity index (χ3n) is 14.7. The zero-order valence-electron chi connectivity index (χ0n) is 59.9. The van der Waals surface area contributed by atoms with Gasteiger partial charge in [-0.25, -0.2) is 0 Å². The molecular weight excluding hydrogens is 1240 g/mol. The van der Waals surface area contributed by atoms with Crippen LogP contribution >= 0.6 is 0 Å². The summed E-state index contributed by atoms with van der Waals surface area (Å²) in [4.78, 5) is 0. The summed E-state index contributed by atoms with van der Waals surface area (Å²) in [5.74, 6) is 68.6. The second kappa shape index (κ2) is 40.5. The predicted molar refractivity (Wildman–Crippen MR) is 420 cm³/mol. The van der Waals surface area contributed by atoms with Gasteiger partial charge in [-0.1, -0.05) is 46.6 Å². The lowest BCUT2D eigenvalue weighted by Gasteiger charge is -2.10. The largest absolute Gasteiger partial charge is 0.369 e. The zero-order chi connectivity index (χ0) is 68.8. The fourth-order valence-corrected chi connectivity index (χ4v) is 19.6. The molecular formula is C87H98Si7. The SMILES string of the molecule is C#C[Si](C)(C#CC)C#CC.C(#C[Si](C#CC1CC1)(C#CC1CC1)C#CC1CC1)C1CC1.CC#C[Si](C#CC)(C#CC)CCC.CC#C[Si](C)(C#CC)C#CC#C[Si](C)(C#CC)C#CC.C[Si](C#CC1CC1)(C#CC1CC1)C#CC1CC1.C[Si](C)(C#CC1CC1)C#CC1CC1. The standard InChI is InChI=1S/C20H20Si.C18H18Si2.C16H18Si.2C12H16Si.C9H10Si/c1-2-17(1)9-13-21(14-10-18-3-4-18,15-11-19-5-6-19)16-12-20-7-8-20;1-7-13-19(5,14-8-2)17-11-12-18-20(6,15-9-3)16-10-4;1-17(11-8-14-2-3-14,12-9-15-4-5-15)13-10-16-6-7-16;1-13(2,9-7-11-3-4-11)10-8-12-5-6-12;1-5-9-13(10-6-2,11-7-3)12-8-4;1-5-8-10(4,7-3)9-6-2/h17-20H,1-8H2;1-6H3;14-16H,2-7H2,1H3;11-12H,3-6H2,1-2H3;5,9H2,1-4H3;3H,1-2,4H3. The first-order chi connectivity index (χ1) is 45.1. The third kappa shape index (κ3) is 37.2. The van der Waals surface area contributed by atoms with Crippen LogP contribution in [0.15, 0.2) is 0 Å². The summed E-state index contributed by atoms with van der Waals surface area (Å²) in [6, 6.07) is 1.06. The van der Waals surface area contributed by atoms with Crippen LogP contribution in [-0.2, 0) is 0 Å². The number of hydrogen-bond acceptors (Lipinski definition) is 0. The number of rotatable bonds is 2. The molecule has 9 saturated carbocycles. The molecule has 0 aromatic carbocycles. The van der Waals surface area contributed by atoms with Gasteiger partial charge in [-0.15, -0.1) is 196 Å². The molecule has 94 heavy (non-hydrogen) atoms. The Kier molecular flexibility index (Phi) is 33.9. The predicted octanol–water partition coefficient (Wildman–Crippen LogP) is 15.1. The van der Waals surface area contributed by atoms with Gasteiger partial charge in [0.2, 0.25) is 8.07 Å². The molecule has 7 heteroatoms. The monoisotopic (exact) mass is 1340 g/mol. The molecule has 0 aromatic heterocycles. The second-order valence-electron chi connectivity index (χ2n) is 26.4. The molecule has 0 atom stereocenters. The van der Waals surface area contributed by atoms with Gasteiger partial charge in [0, 0.05) is 53.3 Å². The quantitative estimate of drug-likeness (QED) is 0.191. The van der Waals surface area contributed by atoms with Crippen molar-refractivity contribution < 1.29 is 0 Å². The molecule has 9 fully saturated rings. The Morgan fingerprint density at radius 1 is 0.255 bits per heavy atom. The summed E-state index contributed by atoms with van der Waals surface area (Å²) in [7, 11) is -13.8. The third-order valence-corrected chi connectivity index (χ3v) is 29.8. The zero-order valence-corrected chi connectivity index (χ0v) is 66.9. The van der Waals surface area contributed by atoms with E-state index in [0.29, 0.717) is 41.4 Å². The van der Waals surface area contributed by atoms with E-state index in [1.807, 2.05) is 68.1 Å². The summed E-state index contributed by atoms with van der Waals surface area (Å²) in [6.45, 7) is 31.4. The van der Waals surface area contributed by atoms with Crippen molar-refractivity contribution in [3.8, 4) is 241 Å². The van der Waals surface area contributed by atoms with Crippen LogP contribution in [0.5, 0.6) is 0 Å². The molecule has 0 N–H and O–H groups in total.